The predicted octanol–water partition coefficient (Wildman–Crippen LogP) is 2.09. The number of nitriles is 1. The summed E-state index contributed by atoms with van der Waals surface area (Å²) in [6.07, 6.45) is 0.134. The van der Waals surface area contributed by atoms with E-state index in [4.69, 9.17) is 10.00 Å². The minimum Gasteiger partial charge on any atom is -0.482 e. The SMILES string of the molecule is CN1C(=O)COc2ccc(CC(=O)Nc3ccccc3C#N)cc21. The summed E-state index contributed by atoms with van der Waals surface area (Å²) < 4.78 is 5.36. The number of anilines is 2. The standard InChI is InChI=1S/C18H15N3O3/c1-21-15-8-12(6-7-16(15)24-11-18(21)23)9-17(22)20-14-5-3-2-4-13(14)10-19/h2-8H,9,11H2,1H3,(H,20,22). The molecule has 1 N–H and O–H groups in total. The highest BCUT2D eigenvalue weighted by molar-refractivity contribution is 5.98. The molecule has 0 radical (unpaired) electrons. The fourth-order valence-corrected chi connectivity index (χ4v) is 2.50. The molecule has 0 aliphatic carbocycles. The van der Waals surface area contributed by atoms with Crippen LogP contribution in [-0.4, -0.2) is 25.5 Å². The lowest BCUT2D eigenvalue weighted by Gasteiger charge is -2.26. The van der Waals surface area contributed by atoms with Crippen molar-refractivity contribution in [3.63, 3.8) is 0 Å². The second-order valence-corrected chi connectivity index (χ2v) is 5.43. The lowest BCUT2D eigenvalue weighted by atomic mass is 10.1. The molecule has 0 fully saturated rings. The monoisotopic (exact) mass is 321 g/mol. The van der Waals surface area contributed by atoms with E-state index in [2.05, 4.69) is 5.32 Å². The summed E-state index contributed by atoms with van der Waals surface area (Å²) in [5.74, 6) is 0.256. The molecule has 0 unspecified atom stereocenters. The molecule has 1 aliphatic heterocycles. The molecule has 0 bridgehead atoms. The van der Waals surface area contributed by atoms with Crippen molar-refractivity contribution in [3.8, 4) is 11.8 Å². The van der Waals surface area contributed by atoms with E-state index in [-0.39, 0.29) is 24.8 Å². The highest BCUT2D eigenvalue weighted by atomic mass is 16.5. The van der Waals surface area contributed by atoms with E-state index in [0.29, 0.717) is 22.7 Å². The van der Waals surface area contributed by atoms with Crippen LogP contribution in [-0.2, 0) is 16.0 Å². The second-order valence-electron chi connectivity index (χ2n) is 5.43. The second kappa shape index (κ2) is 6.42. The Morgan fingerprint density at radius 2 is 2.12 bits per heavy atom. The fourth-order valence-electron chi connectivity index (χ4n) is 2.50. The highest BCUT2D eigenvalue weighted by Crippen LogP contribution is 2.32. The van der Waals surface area contributed by atoms with E-state index in [1.807, 2.05) is 6.07 Å². The van der Waals surface area contributed by atoms with Crippen LogP contribution >= 0.6 is 0 Å². The van der Waals surface area contributed by atoms with Crippen LogP contribution in [0, 0.1) is 11.3 Å². The number of carbonyl (C=O) groups is 2. The summed E-state index contributed by atoms with van der Waals surface area (Å²) >= 11 is 0. The largest absolute Gasteiger partial charge is 0.482 e. The Balaban J connectivity index is 1.76. The first-order chi connectivity index (χ1) is 11.6. The molecule has 2 aromatic carbocycles. The van der Waals surface area contributed by atoms with Crippen molar-refractivity contribution in [2.24, 2.45) is 0 Å². The third kappa shape index (κ3) is 3.06. The minimum absolute atomic E-state index is 0.0221. The Morgan fingerprint density at radius 3 is 2.92 bits per heavy atom. The van der Waals surface area contributed by atoms with Gasteiger partial charge in [-0.25, -0.2) is 0 Å². The normalized spacial score (nSPS) is 12.8. The van der Waals surface area contributed by atoms with E-state index >= 15 is 0 Å². The minimum atomic E-state index is -0.233. The molecular formula is C18H15N3O3. The van der Waals surface area contributed by atoms with Gasteiger partial charge in [0.05, 0.1) is 23.4 Å². The van der Waals surface area contributed by atoms with Crippen molar-refractivity contribution in [3.05, 3.63) is 53.6 Å². The molecule has 120 valence electrons. The van der Waals surface area contributed by atoms with Crippen LogP contribution in [0.3, 0.4) is 0 Å². The highest BCUT2D eigenvalue weighted by Gasteiger charge is 2.22. The molecular weight excluding hydrogens is 306 g/mol. The average molecular weight is 321 g/mol. The number of ether oxygens (including phenoxy) is 1. The Hall–Kier alpha value is -3.33. The van der Waals surface area contributed by atoms with Gasteiger partial charge in [-0.05, 0) is 29.8 Å². The summed E-state index contributed by atoms with van der Waals surface area (Å²) in [5, 5.41) is 11.8. The van der Waals surface area contributed by atoms with Crippen molar-refractivity contribution >= 4 is 23.2 Å². The molecule has 1 heterocycles. The molecule has 0 saturated heterocycles. The maximum atomic E-state index is 12.2. The number of rotatable bonds is 3. The number of nitrogens with one attached hydrogen (secondary N) is 1. The Morgan fingerprint density at radius 1 is 1.33 bits per heavy atom. The van der Waals surface area contributed by atoms with Crippen LogP contribution in [0.4, 0.5) is 11.4 Å². The van der Waals surface area contributed by atoms with Crippen molar-refractivity contribution in [2.75, 3.05) is 23.9 Å². The van der Waals surface area contributed by atoms with Crippen LogP contribution in [0.2, 0.25) is 0 Å². The zero-order valence-electron chi connectivity index (χ0n) is 13.1. The van der Waals surface area contributed by atoms with E-state index < -0.39 is 0 Å². The first-order valence-electron chi connectivity index (χ1n) is 7.40. The number of fused-ring (bicyclic) bond motifs is 1. The van der Waals surface area contributed by atoms with Gasteiger partial charge < -0.3 is 15.0 Å². The zero-order chi connectivity index (χ0) is 17.1. The number of hydrogen-bond donors (Lipinski definition) is 1. The number of amides is 2. The van der Waals surface area contributed by atoms with Crippen molar-refractivity contribution < 1.29 is 14.3 Å². The van der Waals surface area contributed by atoms with E-state index in [1.165, 1.54) is 4.90 Å². The van der Waals surface area contributed by atoms with Gasteiger partial charge in [0.1, 0.15) is 11.8 Å². The number of nitrogens with zero attached hydrogens (tertiary/aromatic N) is 2. The first kappa shape index (κ1) is 15.6. The van der Waals surface area contributed by atoms with Crippen LogP contribution in [0.1, 0.15) is 11.1 Å². The maximum Gasteiger partial charge on any atom is 0.264 e. The summed E-state index contributed by atoms with van der Waals surface area (Å²) in [7, 11) is 1.68. The molecule has 24 heavy (non-hydrogen) atoms. The third-order valence-electron chi connectivity index (χ3n) is 3.80. The molecule has 0 saturated carbocycles. The lowest BCUT2D eigenvalue weighted by molar-refractivity contribution is -0.121. The van der Waals surface area contributed by atoms with Gasteiger partial charge in [0.25, 0.3) is 5.91 Å². The maximum absolute atomic E-state index is 12.2. The summed E-state index contributed by atoms with van der Waals surface area (Å²) in [5.41, 5.74) is 2.30. The van der Waals surface area contributed by atoms with Gasteiger partial charge in [-0.2, -0.15) is 5.26 Å². The van der Waals surface area contributed by atoms with Gasteiger partial charge in [-0.15, -0.1) is 0 Å². The van der Waals surface area contributed by atoms with E-state index in [0.717, 1.165) is 5.56 Å². The van der Waals surface area contributed by atoms with Gasteiger partial charge in [0.15, 0.2) is 6.61 Å². The Kier molecular flexibility index (Phi) is 4.17. The third-order valence-corrected chi connectivity index (χ3v) is 3.80. The number of likely N-dealkylation sites (N-methyl/N-ethyl adjacent to an activating group) is 1. The summed E-state index contributed by atoms with van der Waals surface area (Å²) in [6, 6.07) is 14.2. The first-order valence-corrected chi connectivity index (χ1v) is 7.40. The smallest absolute Gasteiger partial charge is 0.264 e. The average Bonchev–Trinajstić information content (AvgIpc) is 2.59. The number of para-hydroxylation sites is 1. The predicted molar refractivity (Wildman–Crippen MR) is 88.8 cm³/mol. The van der Waals surface area contributed by atoms with E-state index in [1.54, 1.807) is 49.5 Å². The van der Waals surface area contributed by atoms with Gasteiger partial charge in [0.2, 0.25) is 5.91 Å². The van der Waals surface area contributed by atoms with Gasteiger partial charge in [-0.1, -0.05) is 18.2 Å². The van der Waals surface area contributed by atoms with Crippen molar-refractivity contribution in [2.45, 2.75) is 6.42 Å². The molecule has 1 aliphatic rings. The van der Waals surface area contributed by atoms with Gasteiger partial charge in [-0.3, -0.25) is 9.59 Å². The molecule has 0 aromatic heterocycles. The van der Waals surface area contributed by atoms with Crippen LogP contribution in [0.15, 0.2) is 42.5 Å². The quantitative estimate of drug-likeness (QED) is 0.938. The van der Waals surface area contributed by atoms with E-state index in [9.17, 15) is 9.59 Å². The van der Waals surface area contributed by atoms with Crippen LogP contribution < -0.4 is 15.0 Å². The Labute approximate surface area is 139 Å². The zero-order valence-corrected chi connectivity index (χ0v) is 13.1. The molecule has 0 atom stereocenters. The molecule has 2 aromatic rings. The molecule has 3 rings (SSSR count). The van der Waals surface area contributed by atoms with Crippen molar-refractivity contribution in [1.82, 2.24) is 0 Å². The summed E-state index contributed by atoms with van der Waals surface area (Å²) in [6.45, 7) is 0.0221. The molecule has 0 spiro atoms. The number of benzene rings is 2. The molecule has 6 nitrogen and oxygen atoms in total. The van der Waals surface area contributed by atoms with Crippen molar-refractivity contribution in [1.29, 1.82) is 5.26 Å². The van der Waals surface area contributed by atoms with Crippen LogP contribution in [0.25, 0.3) is 0 Å². The number of carbonyl (C=O) groups excluding carboxylic acids is 2. The summed E-state index contributed by atoms with van der Waals surface area (Å²) in [4.78, 5) is 25.4. The Bertz CT molecular complexity index is 855. The van der Waals surface area contributed by atoms with Gasteiger partial charge in [0, 0.05) is 7.05 Å². The topological polar surface area (TPSA) is 82.4 Å². The van der Waals surface area contributed by atoms with Gasteiger partial charge >= 0.3 is 0 Å². The molecule has 2 amide bonds. The number of hydrogen-bond acceptors (Lipinski definition) is 4. The van der Waals surface area contributed by atoms with Crippen LogP contribution in [0.5, 0.6) is 5.75 Å². The lowest BCUT2D eigenvalue weighted by Crippen LogP contribution is -2.35. The molecule has 6 heteroatoms. The fraction of sp³-hybridized carbons (Fsp3) is 0.167.